The van der Waals surface area contributed by atoms with Crippen molar-refractivity contribution >= 4 is 9.76 Å². The predicted molar refractivity (Wildman–Crippen MR) is 58.3 cm³/mol. The zero-order valence-corrected chi connectivity index (χ0v) is 10.3. The summed E-state index contributed by atoms with van der Waals surface area (Å²) < 4.78 is 5.59. The highest BCUT2D eigenvalue weighted by Crippen LogP contribution is 2.05. The van der Waals surface area contributed by atoms with Crippen LogP contribution >= 0.6 is 0 Å². The van der Waals surface area contributed by atoms with Gasteiger partial charge in [-0.05, 0) is 19.9 Å². The molecular formula is C10H24OSi. The maximum atomic E-state index is 5.59. The monoisotopic (exact) mass is 188 g/mol. The Morgan fingerprint density at radius 1 is 1.08 bits per heavy atom. The smallest absolute Gasteiger partial charge is 0.161 e. The Morgan fingerprint density at radius 3 is 2.33 bits per heavy atom. The highest BCUT2D eigenvalue weighted by atomic mass is 28.2. The van der Waals surface area contributed by atoms with Gasteiger partial charge >= 0.3 is 0 Å². The summed E-state index contributed by atoms with van der Waals surface area (Å²) >= 11 is 0. The van der Waals surface area contributed by atoms with Crippen LogP contribution in [0.15, 0.2) is 0 Å². The van der Waals surface area contributed by atoms with E-state index < -0.39 is 0 Å². The molecule has 0 unspecified atom stereocenters. The molecule has 0 N–H and O–H groups in total. The Hall–Kier alpha value is 0.177. The van der Waals surface area contributed by atoms with Crippen LogP contribution in [-0.2, 0) is 4.43 Å². The van der Waals surface area contributed by atoms with E-state index in [1.165, 1.54) is 38.1 Å². The van der Waals surface area contributed by atoms with E-state index in [-0.39, 0.29) is 9.76 Å². The van der Waals surface area contributed by atoms with Crippen LogP contribution in [0.1, 0.15) is 52.9 Å². The Morgan fingerprint density at radius 2 is 1.75 bits per heavy atom. The van der Waals surface area contributed by atoms with Crippen molar-refractivity contribution in [2.45, 2.75) is 65.0 Å². The molecule has 12 heavy (non-hydrogen) atoms. The highest BCUT2D eigenvalue weighted by Gasteiger charge is 1.93. The molecule has 0 aliphatic rings. The third kappa shape index (κ3) is 10.2. The Kier molecular flexibility index (Phi) is 9.40. The Balaban J connectivity index is 2.82. The Labute approximate surface area is 79.8 Å². The summed E-state index contributed by atoms with van der Waals surface area (Å²) in [4.78, 5) is 0. The van der Waals surface area contributed by atoms with Gasteiger partial charge < -0.3 is 4.43 Å². The van der Waals surface area contributed by atoms with Crippen LogP contribution in [0.3, 0.4) is 0 Å². The molecule has 0 bridgehead atoms. The molecule has 0 radical (unpaired) electrons. The van der Waals surface area contributed by atoms with Gasteiger partial charge in [-0.3, -0.25) is 0 Å². The first kappa shape index (κ1) is 12.2. The maximum absolute atomic E-state index is 5.59. The molecule has 0 atom stereocenters. The summed E-state index contributed by atoms with van der Waals surface area (Å²) in [5.41, 5.74) is 0. The summed E-state index contributed by atoms with van der Waals surface area (Å²) in [5.74, 6) is 0. The van der Waals surface area contributed by atoms with Gasteiger partial charge in [-0.1, -0.05) is 39.0 Å². The molecule has 0 saturated heterocycles. The molecule has 74 valence electrons. The summed E-state index contributed by atoms with van der Waals surface area (Å²) in [6.45, 7) is 6.52. The summed E-state index contributed by atoms with van der Waals surface area (Å²) in [6, 6.07) is 1.38. The van der Waals surface area contributed by atoms with E-state index in [0.717, 1.165) is 0 Å². The third-order valence-corrected chi connectivity index (χ3v) is 3.64. The highest BCUT2D eigenvalue weighted by molar-refractivity contribution is 6.27. The van der Waals surface area contributed by atoms with Crippen LogP contribution in [-0.4, -0.2) is 15.9 Å². The lowest BCUT2D eigenvalue weighted by molar-refractivity contribution is 0.254. The normalized spacial score (nSPS) is 12.0. The predicted octanol–water partition coefficient (Wildman–Crippen LogP) is 2.88. The molecule has 0 spiro atoms. The van der Waals surface area contributed by atoms with E-state index in [4.69, 9.17) is 4.43 Å². The van der Waals surface area contributed by atoms with Crippen LogP contribution in [0.5, 0.6) is 0 Å². The van der Waals surface area contributed by atoms with E-state index >= 15 is 0 Å². The van der Waals surface area contributed by atoms with Gasteiger partial charge in [-0.15, -0.1) is 0 Å². The quantitative estimate of drug-likeness (QED) is 0.420. The van der Waals surface area contributed by atoms with E-state index in [1.807, 2.05) is 0 Å². The van der Waals surface area contributed by atoms with Crippen molar-refractivity contribution in [1.29, 1.82) is 0 Å². The first-order valence-electron chi connectivity index (χ1n) is 5.39. The molecule has 0 rings (SSSR count). The Bertz CT molecular complexity index is 83.9. The van der Waals surface area contributed by atoms with Crippen LogP contribution in [0.4, 0.5) is 0 Å². The molecule has 0 aromatic carbocycles. The minimum Gasteiger partial charge on any atom is -0.422 e. The fourth-order valence-corrected chi connectivity index (χ4v) is 2.40. The van der Waals surface area contributed by atoms with E-state index in [2.05, 4.69) is 20.8 Å². The average Bonchev–Trinajstić information content (AvgIpc) is 2.02. The minimum atomic E-state index is -0.170. The van der Waals surface area contributed by atoms with Crippen molar-refractivity contribution in [2.75, 3.05) is 0 Å². The van der Waals surface area contributed by atoms with Gasteiger partial charge in [0, 0.05) is 6.10 Å². The second-order valence-electron chi connectivity index (χ2n) is 3.69. The third-order valence-electron chi connectivity index (χ3n) is 1.95. The van der Waals surface area contributed by atoms with Gasteiger partial charge in [0.1, 0.15) is 0 Å². The van der Waals surface area contributed by atoms with Gasteiger partial charge in [0.15, 0.2) is 9.76 Å². The number of hydrogen-bond acceptors (Lipinski definition) is 1. The van der Waals surface area contributed by atoms with Crippen molar-refractivity contribution in [2.24, 2.45) is 0 Å². The molecule has 0 aromatic rings. The average molecular weight is 188 g/mol. The second kappa shape index (κ2) is 9.27. The number of unbranched alkanes of at least 4 members (excludes halogenated alkanes) is 4. The fourth-order valence-electron chi connectivity index (χ4n) is 1.20. The fraction of sp³-hybridized carbons (Fsp3) is 1.00. The van der Waals surface area contributed by atoms with Crippen LogP contribution in [0.25, 0.3) is 0 Å². The van der Waals surface area contributed by atoms with Crippen molar-refractivity contribution in [1.82, 2.24) is 0 Å². The molecule has 0 aliphatic heterocycles. The summed E-state index contributed by atoms with van der Waals surface area (Å²) in [7, 11) is -0.170. The molecule has 2 heteroatoms. The van der Waals surface area contributed by atoms with Gasteiger partial charge in [-0.2, -0.15) is 0 Å². The lowest BCUT2D eigenvalue weighted by Gasteiger charge is -2.06. The molecular weight excluding hydrogens is 164 g/mol. The molecule has 0 fully saturated rings. The minimum absolute atomic E-state index is 0.170. The van der Waals surface area contributed by atoms with Crippen LogP contribution in [0, 0.1) is 0 Å². The van der Waals surface area contributed by atoms with E-state index in [0.29, 0.717) is 6.10 Å². The topological polar surface area (TPSA) is 9.23 Å². The zero-order valence-electron chi connectivity index (χ0n) is 8.94. The lowest BCUT2D eigenvalue weighted by Crippen LogP contribution is -2.06. The van der Waals surface area contributed by atoms with E-state index in [9.17, 15) is 0 Å². The second-order valence-corrected chi connectivity index (χ2v) is 5.14. The molecule has 0 aromatic heterocycles. The van der Waals surface area contributed by atoms with Gasteiger partial charge in [-0.25, -0.2) is 0 Å². The maximum Gasteiger partial charge on any atom is 0.161 e. The van der Waals surface area contributed by atoms with Gasteiger partial charge in [0.25, 0.3) is 0 Å². The van der Waals surface area contributed by atoms with Gasteiger partial charge in [0.05, 0.1) is 0 Å². The number of hydrogen-bond donors (Lipinski definition) is 0. The first-order valence-corrected chi connectivity index (χ1v) is 6.96. The standard InChI is InChI=1S/C10H24OSi/c1-4-5-6-7-8-9-12-11-10(2)3/h10H,4-9,12H2,1-3H3. The SMILES string of the molecule is CCCCCCC[SiH2]OC(C)C. The number of rotatable bonds is 8. The largest absolute Gasteiger partial charge is 0.422 e. The van der Waals surface area contributed by atoms with Crippen molar-refractivity contribution < 1.29 is 4.43 Å². The molecule has 0 aliphatic carbocycles. The molecule has 0 heterocycles. The van der Waals surface area contributed by atoms with Gasteiger partial charge in [0.2, 0.25) is 0 Å². The summed E-state index contributed by atoms with van der Waals surface area (Å²) in [5, 5.41) is 0. The molecule has 0 saturated carbocycles. The summed E-state index contributed by atoms with van der Waals surface area (Å²) in [6.07, 6.45) is 7.47. The lowest BCUT2D eigenvalue weighted by atomic mass is 10.2. The van der Waals surface area contributed by atoms with Crippen LogP contribution < -0.4 is 0 Å². The van der Waals surface area contributed by atoms with Crippen molar-refractivity contribution in [3.05, 3.63) is 0 Å². The van der Waals surface area contributed by atoms with E-state index in [1.54, 1.807) is 0 Å². The van der Waals surface area contributed by atoms with Crippen molar-refractivity contribution in [3.63, 3.8) is 0 Å². The van der Waals surface area contributed by atoms with Crippen LogP contribution in [0.2, 0.25) is 6.04 Å². The molecule has 1 nitrogen and oxygen atoms in total. The molecule has 0 amide bonds. The first-order chi connectivity index (χ1) is 5.77. The zero-order chi connectivity index (χ0) is 9.23. The van der Waals surface area contributed by atoms with Crippen molar-refractivity contribution in [3.8, 4) is 0 Å².